The fourth-order valence-corrected chi connectivity index (χ4v) is 3.43. The first-order valence-corrected chi connectivity index (χ1v) is 9.44. The van der Waals surface area contributed by atoms with E-state index < -0.39 is 12.1 Å². The van der Waals surface area contributed by atoms with Crippen LogP contribution >= 0.6 is 11.6 Å². The largest absolute Gasteiger partial charge is 0.449 e. The minimum absolute atomic E-state index is 0.0396. The van der Waals surface area contributed by atoms with E-state index in [4.69, 9.17) is 16.3 Å². The lowest BCUT2D eigenvalue weighted by atomic mass is 9.87. The molecule has 140 valence electrons. The minimum atomic E-state index is -0.873. The van der Waals surface area contributed by atoms with Gasteiger partial charge >= 0.3 is 5.97 Å². The molecule has 0 aliphatic heterocycles. The fourth-order valence-electron chi connectivity index (χ4n) is 3.23. The van der Waals surface area contributed by atoms with Crippen LogP contribution in [0.1, 0.15) is 42.5 Å². The lowest BCUT2D eigenvalue weighted by molar-refractivity contribution is -0.150. The van der Waals surface area contributed by atoms with Crippen molar-refractivity contribution >= 4 is 29.6 Å². The standard InChI is InChI=1S/C22H22ClNO3/c1-15(27-21(25)14-13-17-8-3-5-11-19(17)23)22(26)24-20-12-6-9-16-7-2-4-10-18(16)20/h2-5,7-8,10-11,13-15,20H,6,9,12H2,1H3,(H,24,26)/b14-13+/t15-,20+/m0/s1. The predicted octanol–water partition coefficient (Wildman–Crippen LogP) is 4.48. The van der Waals surface area contributed by atoms with Gasteiger partial charge in [0.25, 0.3) is 5.91 Å². The first kappa shape index (κ1) is 19.2. The quantitative estimate of drug-likeness (QED) is 0.611. The Labute approximate surface area is 164 Å². The van der Waals surface area contributed by atoms with Crippen LogP contribution in [-0.2, 0) is 20.7 Å². The van der Waals surface area contributed by atoms with Gasteiger partial charge in [-0.2, -0.15) is 0 Å². The maximum atomic E-state index is 12.5. The molecule has 1 amide bonds. The monoisotopic (exact) mass is 383 g/mol. The number of hydrogen-bond donors (Lipinski definition) is 1. The number of aryl methyl sites for hydroxylation is 1. The first-order chi connectivity index (χ1) is 13.0. The lowest BCUT2D eigenvalue weighted by Gasteiger charge is -2.27. The highest BCUT2D eigenvalue weighted by Gasteiger charge is 2.24. The molecule has 4 nitrogen and oxygen atoms in total. The van der Waals surface area contributed by atoms with Gasteiger partial charge in [0.15, 0.2) is 6.10 Å². The minimum Gasteiger partial charge on any atom is -0.449 e. The SMILES string of the molecule is C[C@H](OC(=O)/C=C/c1ccccc1Cl)C(=O)N[C@@H]1CCCc2ccccc21. The third kappa shape index (κ3) is 4.98. The maximum Gasteiger partial charge on any atom is 0.331 e. The van der Waals surface area contributed by atoms with Crippen molar-refractivity contribution in [2.45, 2.75) is 38.3 Å². The van der Waals surface area contributed by atoms with E-state index in [9.17, 15) is 9.59 Å². The Balaban J connectivity index is 1.57. The Hall–Kier alpha value is -2.59. The highest BCUT2D eigenvalue weighted by Crippen LogP contribution is 2.29. The van der Waals surface area contributed by atoms with E-state index >= 15 is 0 Å². The molecule has 0 radical (unpaired) electrons. The van der Waals surface area contributed by atoms with Crippen molar-refractivity contribution in [3.05, 3.63) is 76.3 Å². The summed E-state index contributed by atoms with van der Waals surface area (Å²) in [7, 11) is 0. The van der Waals surface area contributed by atoms with Crippen LogP contribution in [0.3, 0.4) is 0 Å². The molecule has 0 saturated heterocycles. The van der Waals surface area contributed by atoms with Gasteiger partial charge in [-0.3, -0.25) is 4.79 Å². The summed E-state index contributed by atoms with van der Waals surface area (Å²) in [5, 5.41) is 3.55. The van der Waals surface area contributed by atoms with E-state index in [0.29, 0.717) is 10.6 Å². The molecule has 5 heteroatoms. The molecule has 0 fully saturated rings. The molecule has 27 heavy (non-hydrogen) atoms. The number of halogens is 1. The second kappa shape index (κ2) is 8.87. The molecule has 0 spiro atoms. The van der Waals surface area contributed by atoms with Crippen molar-refractivity contribution in [3.8, 4) is 0 Å². The number of carbonyl (C=O) groups is 2. The van der Waals surface area contributed by atoms with Crippen molar-refractivity contribution in [3.63, 3.8) is 0 Å². The Morgan fingerprint density at radius 1 is 1.19 bits per heavy atom. The van der Waals surface area contributed by atoms with E-state index in [1.165, 1.54) is 11.6 Å². The number of benzene rings is 2. The van der Waals surface area contributed by atoms with Crippen molar-refractivity contribution in [1.29, 1.82) is 0 Å². The number of rotatable bonds is 5. The number of fused-ring (bicyclic) bond motifs is 1. The summed E-state index contributed by atoms with van der Waals surface area (Å²) in [6.45, 7) is 1.57. The average molecular weight is 384 g/mol. The molecular formula is C22H22ClNO3. The zero-order valence-electron chi connectivity index (χ0n) is 15.2. The number of amides is 1. The molecule has 1 aliphatic rings. The number of hydrogen-bond acceptors (Lipinski definition) is 3. The molecule has 3 rings (SSSR count). The second-order valence-electron chi connectivity index (χ2n) is 6.59. The van der Waals surface area contributed by atoms with Gasteiger partial charge in [-0.25, -0.2) is 4.79 Å². The number of ether oxygens (including phenoxy) is 1. The van der Waals surface area contributed by atoms with Gasteiger partial charge in [-0.05, 0) is 55.0 Å². The van der Waals surface area contributed by atoms with Crippen LogP contribution in [0.4, 0.5) is 0 Å². The van der Waals surface area contributed by atoms with E-state index in [-0.39, 0.29) is 11.9 Å². The lowest BCUT2D eigenvalue weighted by Crippen LogP contribution is -2.39. The van der Waals surface area contributed by atoms with Crippen LogP contribution < -0.4 is 5.32 Å². The molecule has 1 aliphatic carbocycles. The molecule has 0 aromatic heterocycles. The van der Waals surface area contributed by atoms with E-state index in [1.54, 1.807) is 25.1 Å². The van der Waals surface area contributed by atoms with E-state index in [1.807, 2.05) is 30.3 Å². The Morgan fingerprint density at radius 2 is 1.93 bits per heavy atom. The van der Waals surface area contributed by atoms with E-state index in [2.05, 4.69) is 11.4 Å². The van der Waals surface area contributed by atoms with Crippen LogP contribution in [0, 0.1) is 0 Å². The van der Waals surface area contributed by atoms with E-state index in [0.717, 1.165) is 24.8 Å². The topological polar surface area (TPSA) is 55.4 Å². The maximum absolute atomic E-state index is 12.5. The molecular weight excluding hydrogens is 362 g/mol. The fraction of sp³-hybridized carbons (Fsp3) is 0.273. The van der Waals surface area contributed by atoms with Crippen molar-refractivity contribution < 1.29 is 14.3 Å². The Kier molecular flexibility index (Phi) is 6.30. The third-order valence-corrected chi connectivity index (χ3v) is 5.00. The molecule has 2 atom stereocenters. The summed E-state index contributed by atoms with van der Waals surface area (Å²) in [4.78, 5) is 24.5. The van der Waals surface area contributed by atoms with Crippen LogP contribution in [-0.4, -0.2) is 18.0 Å². The van der Waals surface area contributed by atoms with Gasteiger partial charge < -0.3 is 10.1 Å². The second-order valence-corrected chi connectivity index (χ2v) is 6.99. The van der Waals surface area contributed by atoms with Crippen molar-refractivity contribution in [2.24, 2.45) is 0 Å². The van der Waals surface area contributed by atoms with Gasteiger partial charge in [-0.1, -0.05) is 54.1 Å². The highest BCUT2D eigenvalue weighted by atomic mass is 35.5. The number of esters is 1. The molecule has 0 bridgehead atoms. The van der Waals surface area contributed by atoms with Crippen LogP contribution in [0.25, 0.3) is 6.08 Å². The summed E-state index contributed by atoms with van der Waals surface area (Å²) in [5.41, 5.74) is 3.13. The zero-order valence-corrected chi connectivity index (χ0v) is 15.9. The molecule has 1 N–H and O–H groups in total. The van der Waals surface area contributed by atoms with Gasteiger partial charge in [0.05, 0.1) is 6.04 Å². The average Bonchev–Trinajstić information content (AvgIpc) is 2.67. The number of nitrogens with one attached hydrogen (secondary N) is 1. The van der Waals surface area contributed by atoms with Crippen molar-refractivity contribution in [1.82, 2.24) is 5.32 Å². The summed E-state index contributed by atoms with van der Waals surface area (Å²) >= 11 is 6.05. The summed E-state index contributed by atoms with van der Waals surface area (Å²) in [6.07, 6.45) is 4.92. The van der Waals surface area contributed by atoms with Gasteiger partial charge in [0, 0.05) is 11.1 Å². The first-order valence-electron chi connectivity index (χ1n) is 9.06. The molecule has 2 aromatic carbocycles. The zero-order chi connectivity index (χ0) is 19.2. The predicted molar refractivity (Wildman–Crippen MR) is 106 cm³/mol. The summed E-state index contributed by atoms with van der Waals surface area (Å²) in [6, 6.07) is 15.3. The molecule has 0 heterocycles. The van der Waals surface area contributed by atoms with Crippen LogP contribution in [0.5, 0.6) is 0 Å². The Bertz CT molecular complexity index is 862. The summed E-state index contributed by atoms with van der Waals surface area (Å²) in [5.74, 6) is -0.877. The van der Waals surface area contributed by atoms with Crippen molar-refractivity contribution in [2.75, 3.05) is 0 Å². The summed E-state index contributed by atoms with van der Waals surface area (Å²) < 4.78 is 5.22. The van der Waals surface area contributed by atoms with Gasteiger partial charge in [-0.15, -0.1) is 0 Å². The normalized spacial score (nSPS) is 17.2. The van der Waals surface area contributed by atoms with Gasteiger partial charge in [0.2, 0.25) is 0 Å². The third-order valence-electron chi connectivity index (χ3n) is 4.65. The molecule has 0 unspecified atom stereocenters. The van der Waals surface area contributed by atoms with Crippen LogP contribution in [0.2, 0.25) is 5.02 Å². The Morgan fingerprint density at radius 3 is 2.74 bits per heavy atom. The molecule has 2 aromatic rings. The number of carbonyl (C=O) groups excluding carboxylic acids is 2. The van der Waals surface area contributed by atoms with Crippen LogP contribution in [0.15, 0.2) is 54.6 Å². The van der Waals surface area contributed by atoms with Gasteiger partial charge in [0.1, 0.15) is 0 Å². The smallest absolute Gasteiger partial charge is 0.331 e. The highest BCUT2D eigenvalue weighted by molar-refractivity contribution is 6.32. The molecule has 0 saturated carbocycles.